The number of nitrogens with one attached hydrogen (secondary N) is 1. The molecular weight excluding hydrogens is 487 g/mol. The van der Waals surface area contributed by atoms with Crippen LogP contribution in [0.4, 0.5) is 0 Å². The van der Waals surface area contributed by atoms with Gasteiger partial charge in [-0.1, -0.05) is 55.6 Å². The van der Waals surface area contributed by atoms with E-state index in [1.807, 2.05) is 24.3 Å². The van der Waals surface area contributed by atoms with Gasteiger partial charge >= 0.3 is 0 Å². The van der Waals surface area contributed by atoms with Crippen molar-refractivity contribution in [1.82, 2.24) is 10.2 Å². The van der Waals surface area contributed by atoms with Crippen LogP contribution >= 0.6 is 23.2 Å². The van der Waals surface area contributed by atoms with Crippen LogP contribution in [-0.2, 0) is 16.0 Å². The molecule has 0 saturated heterocycles. The molecule has 0 aromatic heterocycles. The van der Waals surface area contributed by atoms with Gasteiger partial charge in [-0.05, 0) is 48.9 Å². The number of methoxy groups -OCH3 is 2. The van der Waals surface area contributed by atoms with E-state index in [2.05, 4.69) is 12.2 Å². The molecule has 0 heterocycles. The van der Waals surface area contributed by atoms with Gasteiger partial charge in [0.15, 0.2) is 11.5 Å². The van der Waals surface area contributed by atoms with E-state index < -0.39 is 6.04 Å². The lowest BCUT2D eigenvalue weighted by molar-refractivity contribution is -0.139. The molecule has 6 nitrogen and oxygen atoms in total. The van der Waals surface area contributed by atoms with E-state index in [4.69, 9.17) is 32.7 Å². The van der Waals surface area contributed by atoms with Gasteiger partial charge in [0.05, 0.1) is 14.2 Å². The molecule has 0 unspecified atom stereocenters. The lowest BCUT2D eigenvalue weighted by atomic mass is 9.85. The molecule has 0 aliphatic heterocycles. The quantitative estimate of drug-likeness (QED) is 0.425. The number of amides is 2. The van der Waals surface area contributed by atoms with Crippen LogP contribution in [0.2, 0.25) is 5.02 Å². The maximum atomic E-state index is 13.7. The molecule has 3 rings (SSSR count). The lowest BCUT2D eigenvalue weighted by Crippen LogP contribution is -2.49. The predicted octanol–water partition coefficient (Wildman–Crippen LogP) is 5.40. The fraction of sp³-hybridized carbons (Fsp3) is 0.481. The van der Waals surface area contributed by atoms with Crippen molar-refractivity contribution in [2.75, 3.05) is 26.6 Å². The second kappa shape index (κ2) is 13.0. The third kappa shape index (κ3) is 6.83. The number of alkyl halides is 1. The van der Waals surface area contributed by atoms with E-state index in [-0.39, 0.29) is 30.3 Å². The molecule has 35 heavy (non-hydrogen) atoms. The molecule has 1 N–H and O–H groups in total. The standard InChI is InChI=1S/C27H34Cl2N2O4/c1-18-8-4-7-11-22(18)30-27(33)26(20-9-5-6-10-21(20)29)31(25(32)17-28)15-14-19-12-13-23(34-2)24(16-19)35-3/h5-6,9-10,12-13,16,18,22,26H,4,7-8,11,14-15,17H2,1-3H3,(H,30,33)/t18-,22-,26-/m0/s1. The first-order chi connectivity index (χ1) is 16.9. The van der Waals surface area contributed by atoms with Gasteiger partial charge in [0, 0.05) is 23.2 Å². The molecule has 190 valence electrons. The summed E-state index contributed by atoms with van der Waals surface area (Å²) in [4.78, 5) is 28.3. The van der Waals surface area contributed by atoms with Crippen LogP contribution < -0.4 is 14.8 Å². The zero-order valence-corrected chi connectivity index (χ0v) is 22.1. The van der Waals surface area contributed by atoms with Gasteiger partial charge in [-0.25, -0.2) is 0 Å². The summed E-state index contributed by atoms with van der Waals surface area (Å²) in [5.41, 5.74) is 1.52. The third-order valence-corrected chi connectivity index (χ3v) is 7.30. The Morgan fingerprint density at radius 3 is 2.46 bits per heavy atom. The van der Waals surface area contributed by atoms with Gasteiger partial charge < -0.3 is 19.7 Å². The number of hydrogen-bond donors (Lipinski definition) is 1. The smallest absolute Gasteiger partial charge is 0.247 e. The van der Waals surface area contributed by atoms with Crippen molar-refractivity contribution in [3.05, 3.63) is 58.6 Å². The van der Waals surface area contributed by atoms with Crippen LogP contribution in [0.1, 0.15) is 49.8 Å². The van der Waals surface area contributed by atoms with Crippen LogP contribution in [0.5, 0.6) is 11.5 Å². The Morgan fingerprint density at radius 2 is 1.80 bits per heavy atom. The highest BCUT2D eigenvalue weighted by Crippen LogP contribution is 2.32. The Bertz CT molecular complexity index is 1020. The minimum Gasteiger partial charge on any atom is -0.493 e. The van der Waals surface area contributed by atoms with Gasteiger partial charge in [0.1, 0.15) is 11.9 Å². The van der Waals surface area contributed by atoms with Crippen LogP contribution in [0.25, 0.3) is 0 Å². The van der Waals surface area contributed by atoms with E-state index in [1.54, 1.807) is 32.4 Å². The first-order valence-corrected chi connectivity index (χ1v) is 12.9. The summed E-state index contributed by atoms with van der Waals surface area (Å²) >= 11 is 12.5. The molecule has 3 atom stereocenters. The van der Waals surface area contributed by atoms with Crippen molar-refractivity contribution >= 4 is 35.0 Å². The molecular formula is C27H34Cl2N2O4. The molecule has 1 saturated carbocycles. The monoisotopic (exact) mass is 520 g/mol. The number of halogens is 2. The molecule has 1 aliphatic rings. The topological polar surface area (TPSA) is 67.9 Å². The molecule has 2 aromatic carbocycles. The molecule has 8 heteroatoms. The maximum absolute atomic E-state index is 13.7. The Morgan fingerprint density at radius 1 is 1.09 bits per heavy atom. The summed E-state index contributed by atoms with van der Waals surface area (Å²) in [6.45, 7) is 2.44. The normalized spacial score (nSPS) is 18.4. The first-order valence-electron chi connectivity index (χ1n) is 12.0. The Hall–Kier alpha value is -2.44. The fourth-order valence-corrected chi connectivity index (χ4v) is 5.09. The third-order valence-electron chi connectivity index (χ3n) is 6.72. The first kappa shape index (κ1) is 27.2. The maximum Gasteiger partial charge on any atom is 0.247 e. The number of benzene rings is 2. The minimum absolute atomic E-state index is 0.0695. The largest absolute Gasteiger partial charge is 0.493 e. The van der Waals surface area contributed by atoms with Gasteiger partial charge in [0.2, 0.25) is 11.8 Å². The van der Waals surface area contributed by atoms with E-state index in [0.717, 1.165) is 24.8 Å². The summed E-state index contributed by atoms with van der Waals surface area (Å²) in [6, 6.07) is 12.0. The van der Waals surface area contributed by atoms with Crippen LogP contribution in [0.3, 0.4) is 0 Å². The number of carbonyl (C=O) groups excluding carboxylic acids is 2. The van der Waals surface area contributed by atoms with Crippen molar-refractivity contribution in [2.24, 2.45) is 5.92 Å². The molecule has 0 spiro atoms. The summed E-state index contributed by atoms with van der Waals surface area (Å²) in [7, 11) is 3.16. The Labute approximate surface area is 217 Å². The van der Waals surface area contributed by atoms with Gasteiger partial charge in [-0.3, -0.25) is 9.59 Å². The van der Waals surface area contributed by atoms with Crippen LogP contribution in [0.15, 0.2) is 42.5 Å². The van der Waals surface area contributed by atoms with Crippen LogP contribution in [0, 0.1) is 5.92 Å². The zero-order chi connectivity index (χ0) is 25.4. The zero-order valence-electron chi connectivity index (χ0n) is 20.6. The molecule has 1 fully saturated rings. The molecule has 2 amide bonds. The SMILES string of the molecule is COc1ccc(CCN(C(=O)CCl)[C@H](C(=O)N[C@H]2CCCC[C@@H]2C)c2ccccc2Cl)cc1OC. The van der Waals surface area contributed by atoms with E-state index in [1.165, 1.54) is 11.3 Å². The van der Waals surface area contributed by atoms with Gasteiger partial charge in [-0.2, -0.15) is 0 Å². The average Bonchev–Trinajstić information content (AvgIpc) is 2.87. The number of carbonyl (C=O) groups is 2. The van der Waals surface area contributed by atoms with Crippen molar-refractivity contribution in [3.8, 4) is 11.5 Å². The fourth-order valence-electron chi connectivity index (χ4n) is 4.70. The highest BCUT2D eigenvalue weighted by Gasteiger charge is 2.34. The number of ether oxygens (including phenoxy) is 2. The molecule has 0 radical (unpaired) electrons. The Balaban J connectivity index is 1.91. The van der Waals surface area contributed by atoms with Crippen molar-refractivity contribution in [2.45, 2.75) is 51.1 Å². The summed E-state index contributed by atoms with van der Waals surface area (Å²) in [5.74, 6) is 0.807. The summed E-state index contributed by atoms with van der Waals surface area (Å²) < 4.78 is 10.7. The van der Waals surface area contributed by atoms with Gasteiger partial charge in [-0.15, -0.1) is 11.6 Å². The summed E-state index contributed by atoms with van der Waals surface area (Å²) in [6.07, 6.45) is 4.75. The van der Waals surface area contributed by atoms with E-state index in [9.17, 15) is 9.59 Å². The van der Waals surface area contributed by atoms with Gasteiger partial charge in [0.25, 0.3) is 0 Å². The molecule has 2 aromatic rings. The molecule has 1 aliphatic carbocycles. The Kier molecular flexibility index (Phi) is 10.1. The number of nitrogens with zero attached hydrogens (tertiary/aromatic N) is 1. The molecule has 0 bridgehead atoms. The number of rotatable bonds is 10. The average molecular weight is 521 g/mol. The predicted molar refractivity (Wildman–Crippen MR) is 139 cm³/mol. The van der Waals surface area contributed by atoms with Crippen molar-refractivity contribution in [1.29, 1.82) is 0 Å². The second-order valence-corrected chi connectivity index (χ2v) is 9.64. The van der Waals surface area contributed by atoms with Crippen molar-refractivity contribution < 1.29 is 19.1 Å². The summed E-state index contributed by atoms with van der Waals surface area (Å²) in [5, 5.41) is 3.65. The lowest BCUT2D eigenvalue weighted by Gasteiger charge is -2.35. The van der Waals surface area contributed by atoms with E-state index >= 15 is 0 Å². The second-order valence-electron chi connectivity index (χ2n) is 8.96. The van der Waals surface area contributed by atoms with E-state index in [0.29, 0.717) is 34.4 Å². The van der Waals surface area contributed by atoms with Crippen LogP contribution in [-0.4, -0.2) is 49.4 Å². The van der Waals surface area contributed by atoms with Crippen molar-refractivity contribution in [3.63, 3.8) is 0 Å². The highest BCUT2D eigenvalue weighted by atomic mass is 35.5. The highest BCUT2D eigenvalue weighted by molar-refractivity contribution is 6.31. The number of hydrogen-bond acceptors (Lipinski definition) is 4. The minimum atomic E-state index is -0.885.